The third-order valence-corrected chi connectivity index (χ3v) is 3.37. The lowest BCUT2D eigenvalue weighted by Crippen LogP contribution is -2.09. The minimum absolute atomic E-state index is 0.0989. The Morgan fingerprint density at radius 1 is 0.778 bits per heavy atom. The maximum absolute atomic E-state index is 4.23. The number of hydrogen-bond acceptors (Lipinski definition) is 0. The summed E-state index contributed by atoms with van der Waals surface area (Å²) in [5.41, 5.74) is 4.97. The van der Waals surface area contributed by atoms with Crippen molar-refractivity contribution in [3.05, 3.63) is 48.6 Å². The smallest absolute Gasteiger partial charge is 0.0132 e. The third-order valence-electron chi connectivity index (χ3n) is 3.37. The van der Waals surface area contributed by atoms with Gasteiger partial charge in [0.25, 0.3) is 0 Å². The molecule has 0 atom stereocenters. The van der Waals surface area contributed by atoms with Gasteiger partial charge in [0.1, 0.15) is 0 Å². The Hall–Kier alpha value is -1.30. The molecule has 0 heterocycles. The Labute approximate surface area is 112 Å². The molecule has 1 rings (SSSR count). The number of allylic oxidation sites excluding steroid dienone is 2. The quantitative estimate of drug-likeness (QED) is 0.614. The molecule has 0 radical (unpaired) electrons. The number of rotatable bonds is 2. The Balaban J connectivity index is 3.16. The summed E-state index contributed by atoms with van der Waals surface area (Å²) in [4.78, 5) is 0. The van der Waals surface area contributed by atoms with Gasteiger partial charge in [0.2, 0.25) is 0 Å². The lowest BCUT2D eigenvalue weighted by molar-refractivity contribution is 0.566. The summed E-state index contributed by atoms with van der Waals surface area (Å²) in [5, 5.41) is 0. The van der Waals surface area contributed by atoms with Gasteiger partial charge in [0.05, 0.1) is 0 Å². The molecular weight excluding hydrogens is 216 g/mol. The van der Waals surface area contributed by atoms with Crippen LogP contribution in [-0.4, -0.2) is 0 Å². The highest BCUT2D eigenvalue weighted by atomic mass is 14.2. The highest BCUT2D eigenvalue weighted by Crippen LogP contribution is 2.36. The van der Waals surface area contributed by atoms with Crippen molar-refractivity contribution in [3.63, 3.8) is 0 Å². The molecule has 0 nitrogen and oxygen atoms in total. The predicted octanol–water partition coefficient (Wildman–Crippen LogP) is 5.81. The molecule has 1 aromatic carbocycles. The number of hydrogen-bond donors (Lipinski definition) is 0. The van der Waals surface area contributed by atoms with Crippen LogP contribution in [0.2, 0.25) is 0 Å². The molecule has 0 spiro atoms. The average molecular weight is 242 g/mol. The van der Waals surface area contributed by atoms with Gasteiger partial charge in [-0.3, -0.25) is 0 Å². The first-order valence-electron chi connectivity index (χ1n) is 6.53. The van der Waals surface area contributed by atoms with E-state index in [1.54, 1.807) is 0 Å². The fraction of sp³-hybridized carbons (Fsp3) is 0.444. The van der Waals surface area contributed by atoms with E-state index in [2.05, 4.69) is 79.0 Å². The van der Waals surface area contributed by atoms with E-state index in [1.807, 2.05) is 0 Å². The van der Waals surface area contributed by atoms with Crippen LogP contribution in [0.3, 0.4) is 0 Å². The Kier molecular flexibility index (Phi) is 3.90. The zero-order chi connectivity index (χ0) is 14.1. The SMILES string of the molecule is C=C(c1cccc(C(=C)C(C)(C)C)c1)C(C)(C)C. The highest BCUT2D eigenvalue weighted by Gasteiger charge is 2.19. The van der Waals surface area contributed by atoms with Crippen LogP contribution in [0.4, 0.5) is 0 Å². The maximum atomic E-state index is 4.23. The van der Waals surface area contributed by atoms with Crippen LogP contribution in [0.5, 0.6) is 0 Å². The second kappa shape index (κ2) is 4.76. The minimum atomic E-state index is 0.0989. The standard InChI is InChI=1S/C18H26/c1-13(17(3,4)5)15-10-9-11-16(12-15)14(2)18(6,7)8/h9-12H,1-2H2,3-8H3. The van der Waals surface area contributed by atoms with Crippen LogP contribution in [0.15, 0.2) is 37.4 Å². The van der Waals surface area contributed by atoms with Crippen molar-refractivity contribution in [3.8, 4) is 0 Å². The first-order chi connectivity index (χ1) is 8.03. The topological polar surface area (TPSA) is 0 Å². The molecular formula is C18H26. The number of benzene rings is 1. The molecule has 0 unspecified atom stereocenters. The van der Waals surface area contributed by atoms with Gasteiger partial charge in [-0.1, -0.05) is 72.9 Å². The summed E-state index contributed by atoms with van der Waals surface area (Å²) in [6.45, 7) is 21.6. The zero-order valence-electron chi connectivity index (χ0n) is 12.7. The summed E-state index contributed by atoms with van der Waals surface area (Å²) in [6, 6.07) is 8.57. The second-order valence-corrected chi connectivity index (χ2v) is 7.04. The fourth-order valence-electron chi connectivity index (χ4n) is 1.76. The van der Waals surface area contributed by atoms with Crippen LogP contribution < -0.4 is 0 Å². The summed E-state index contributed by atoms with van der Waals surface area (Å²) in [6.07, 6.45) is 0. The van der Waals surface area contributed by atoms with E-state index in [0.717, 1.165) is 0 Å². The van der Waals surface area contributed by atoms with Gasteiger partial charge in [-0.25, -0.2) is 0 Å². The molecule has 0 N–H and O–H groups in total. The van der Waals surface area contributed by atoms with Crippen molar-refractivity contribution in [1.82, 2.24) is 0 Å². The van der Waals surface area contributed by atoms with Crippen molar-refractivity contribution in [2.75, 3.05) is 0 Å². The van der Waals surface area contributed by atoms with Crippen LogP contribution in [-0.2, 0) is 0 Å². The Morgan fingerprint density at radius 3 is 1.39 bits per heavy atom. The molecule has 0 aliphatic rings. The zero-order valence-corrected chi connectivity index (χ0v) is 12.7. The van der Waals surface area contributed by atoms with E-state index in [1.165, 1.54) is 22.3 Å². The molecule has 0 aliphatic heterocycles. The van der Waals surface area contributed by atoms with Gasteiger partial charge in [0, 0.05) is 0 Å². The summed E-state index contributed by atoms with van der Waals surface area (Å²) < 4.78 is 0. The van der Waals surface area contributed by atoms with Crippen molar-refractivity contribution in [2.45, 2.75) is 41.5 Å². The van der Waals surface area contributed by atoms with Crippen molar-refractivity contribution in [1.29, 1.82) is 0 Å². The van der Waals surface area contributed by atoms with E-state index in [0.29, 0.717) is 0 Å². The van der Waals surface area contributed by atoms with E-state index in [-0.39, 0.29) is 10.8 Å². The van der Waals surface area contributed by atoms with Gasteiger partial charge in [-0.15, -0.1) is 0 Å². The monoisotopic (exact) mass is 242 g/mol. The molecule has 18 heavy (non-hydrogen) atoms. The molecule has 0 saturated heterocycles. The highest BCUT2D eigenvalue weighted by molar-refractivity contribution is 5.74. The summed E-state index contributed by atoms with van der Waals surface area (Å²) in [5.74, 6) is 0. The third kappa shape index (κ3) is 3.35. The van der Waals surface area contributed by atoms with E-state index < -0.39 is 0 Å². The molecule has 0 bridgehead atoms. The van der Waals surface area contributed by atoms with Gasteiger partial charge < -0.3 is 0 Å². The van der Waals surface area contributed by atoms with Crippen molar-refractivity contribution >= 4 is 11.1 Å². The predicted molar refractivity (Wildman–Crippen MR) is 83.4 cm³/mol. The van der Waals surface area contributed by atoms with E-state index in [9.17, 15) is 0 Å². The maximum Gasteiger partial charge on any atom is -0.0132 e. The largest absolute Gasteiger partial charge is 0.0947 e. The summed E-state index contributed by atoms with van der Waals surface area (Å²) >= 11 is 0. The van der Waals surface area contributed by atoms with Crippen LogP contribution in [0.25, 0.3) is 11.1 Å². The molecule has 0 heteroatoms. The van der Waals surface area contributed by atoms with Crippen LogP contribution in [0, 0.1) is 10.8 Å². The normalized spacial score (nSPS) is 12.3. The summed E-state index contributed by atoms with van der Waals surface area (Å²) in [7, 11) is 0. The first kappa shape index (κ1) is 14.8. The van der Waals surface area contributed by atoms with Crippen molar-refractivity contribution in [2.24, 2.45) is 10.8 Å². The van der Waals surface area contributed by atoms with Gasteiger partial charge in [-0.2, -0.15) is 0 Å². The molecule has 98 valence electrons. The first-order valence-corrected chi connectivity index (χ1v) is 6.53. The molecule has 0 aliphatic carbocycles. The molecule has 0 fully saturated rings. The lowest BCUT2D eigenvalue weighted by Gasteiger charge is -2.25. The van der Waals surface area contributed by atoms with Gasteiger partial charge in [-0.05, 0) is 39.2 Å². The molecule has 0 amide bonds. The molecule has 1 aromatic rings. The Morgan fingerprint density at radius 2 is 1.11 bits per heavy atom. The van der Waals surface area contributed by atoms with Crippen molar-refractivity contribution < 1.29 is 0 Å². The van der Waals surface area contributed by atoms with Crippen LogP contribution in [0.1, 0.15) is 52.7 Å². The fourth-order valence-corrected chi connectivity index (χ4v) is 1.76. The minimum Gasteiger partial charge on any atom is -0.0947 e. The van der Waals surface area contributed by atoms with Gasteiger partial charge in [0.15, 0.2) is 0 Å². The van der Waals surface area contributed by atoms with E-state index in [4.69, 9.17) is 0 Å². The van der Waals surface area contributed by atoms with Gasteiger partial charge >= 0.3 is 0 Å². The Bertz CT molecular complexity index is 420. The second-order valence-electron chi connectivity index (χ2n) is 7.04. The van der Waals surface area contributed by atoms with Crippen LogP contribution >= 0.6 is 0 Å². The molecule has 0 aromatic heterocycles. The van der Waals surface area contributed by atoms with E-state index >= 15 is 0 Å². The molecule has 0 saturated carbocycles. The average Bonchev–Trinajstić information content (AvgIpc) is 2.24. The lowest BCUT2D eigenvalue weighted by atomic mass is 9.80.